The number of aromatic nitrogens is 2. The SMILES string of the molecule is Cc1cc(C(=O)N2CCC[C@@H](CCc3ccc(F)cc3F)C2)n(C)n1. The van der Waals surface area contributed by atoms with Gasteiger partial charge in [-0.25, -0.2) is 8.78 Å². The molecule has 1 aliphatic rings. The molecule has 4 nitrogen and oxygen atoms in total. The average molecular weight is 347 g/mol. The molecule has 3 rings (SSSR count). The molecule has 0 N–H and O–H groups in total. The molecule has 1 atom stereocenters. The fourth-order valence-corrected chi connectivity index (χ4v) is 3.54. The number of amides is 1. The Morgan fingerprint density at radius 2 is 2.12 bits per heavy atom. The fourth-order valence-electron chi connectivity index (χ4n) is 3.54. The van der Waals surface area contributed by atoms with Crippen LogP contribution in [0.2, 0.25) is 0 Å². The minimum absolute atomic E-state index is 0.000706. The van der Waals surface area contributed by atoms with Gasteiger partial charge in [0.2, 0.25) is 0 Å². The Morgan fingerprint density at radius 1 is 1.32 bits per heavy atom. The number of hydrogen-bond acceptors (Lipinski definition) is 2. The maximum absolute atomic E-state index is 13.8. The molecule has 1 aromatic heterocycles. The lowest BCUT2D eigenvalue weighted by atomic mass is 9.91. The van der Waals surface area contributed by atoms with Crippen molar-refractivity contribution >= 4 is 5.91 Å². The van der Waals surface area contributed by atoms with Crippen molar-refractivity contribution in [3.8, 4) is 0 Å². The van der Waals surface area contributed by atoms with E-state index in [0.29, 0.717) is 30.1 Å². The van der Waals surface area contributed by atoms with Gasteiger partial charge in [0.1, 0.15) is 17.3 Å². The van der Waals surface area contributed by atoms with Gasteiger partial charge >= 0.3 is 0 Å². The van der Waals surface area contributed by atoms with E-state index in [-0.39, 0.29) is 5.91 Å². The molecular formula is C19H23F2N3O. The molecule has 1 fully saturated rings. The van der Waals surface area contributed by atoms with Crippen molar-refractivity contribution < 1.29 is 13.6 Å². The van der Waals surface area contributed by atoms with E-state index < -0.39 is 11.6 Å². The second-order valence-corrected chi connectivity index (χ2v) is 6.83. The highest BCUT2D eigenvalue weighted by Gasteiger charge is 2.26. The number of nitrogens with zero attached hydrogens (tertiary/aromatic N) is 3. The molecule has 0 unspecified atom stereocenters. The number of benzene rings is 1. The topological polar surface area (TPSA) is 38.1 Å². The van der Waals surface area contributed by atoms with E-state index in [0.717, 1.165) is 37.6 Å². The first-order chi connectivity index (χ1) is 11.9. The predicted octanol–water partition coefficient (Wildman–Crippen LogP) is 3.49. The van der Waals surface area contributed by atoms with Crippen LogP contribution in [0.4, 0.5) is 8.78 Å². The number of aryl methyl sites for hydroxylation is 3. The monoisotopic (exact) mass is 347 g/mol. The van der Waals surface area contributed by atoms with Crippen LogP contribution in [-0.4, -0.2) is 33.7 Å². The quantitative estimate of drug-likeness (QED) is 0.849. The lowest BCUT2D eigenvalue weighted by molar-refractivity contribution is 0.0657. The summed E-state index contributed by atoms with van der Waals surface area (Å²) in [5.41, 5.74) is 1.96. The maximum atomic E-state index is 13.8. The van der Waals surface area contributed by atoms with E-state index in [9.17, 15) is 13.6 Å². The molecule has 1 aromatic carbocycles. The lowest BCUT2D eigenvalue weighted by Gasteiger charge is -2.32. The molecule has 1 amide bonds. The summed E-state index contributed by atoms with van der Waals surface area (Å²) in [7, 11) is 1.78. The Kier molecular flexibility index (Phi) is 5.16. The molecular weight excluding hydrogens is 324 g/mol. The number of carbonyl (C=O) groups excluding carboxylic acids is 1. The van der Waals surface area contributed by atoms with Crippen molar-refractivity contribution in [2.24, 2.45) is 13.0 Å². The Balaban J connectivity index is 1.61. The molecule has 134 valence electrons. The van der Waals surface area contributed by atoms with Gasteiger partial charge in [-0.2, -0.15) is 5.10 Å². The zero-order valence-electron chi connectivity index (χ0n) is 14.6. The summed E-state index contributed by atoms with van der Waals surface area (Å²) in [5, 5.41) is 4.24. The van der Waals surface area contributed by atoms with Crippen LogP contribution in [0.1, 0.15) is 41.0 Å². The summed E-state index contributed by atoms with van der Waals surface area (Å²) < 4.78 is 28.4. The fraction of sp³-hybridized carbons (Fsp3) is 0.474. The number of halogens is 2. The minimum atomic E-state index is -0.554. The molecule has 1 saturated heterocycles. The Bertz CT molecular complexity index is 772. The number of carbonyl (C=O) groups is 1. The number of piperidine rings is 1. The second kappa shape index (κ2) is 7.33. The largest absolute Gasteiger partial charge is 0.337 e. The summed E-state index contributed by atoms with van der Waals surface area (Å²) in [6.45, 7) is 3.28. The Labute approximate surface area is 146 Å². The number of hydrogen-bond donors (Lipinski definition) is 0. The smallest absolute Gasteiger partial charge is 0.272 e. The van der Waals surface area contributed by atoms with Crippen LogP contribution in [-0.2, 0) is 13.5 Å². The van der Waals surface area contributed by atoms with Gasteiger partial charge in [-0.05, 0) is 56.2 Å². The van der Waals surface area contributed by atoms with Crippen LogP contribution in [0.15, 0.2) is 24.3 Å². The van der Waals surface area contributed by atoms with Crippen LogP contribution in [0.5, 0.6) is 0 Å². The lowest BCUT2D eigenvalue weighted by Crippen LogP contribution is -2.40. The van der Waals surface area contributed by atoms with E-state index in [1.807, 2.05) is 11.8 Å². The third kappa shape index (κ3) is 4.06. The highest BCUT2D eigenvalue weighted by Crippen LogP contribution is 2.24. The highest BCUT2D eigenvalue weighted by atomic mass is 19.1. The standard InChI is InChI=1S/C19H23F2N3O/c1-13-10-18(23(2)22-13)19(25)24-9-3-4-14(12-24)5-6-15-7-8-16(20)11-17(15)21/h7-8,10-11,14H,3-6,9,12H2,1-2H3/t14-/m0/s1. The van der Waals surface area contributed by atoms with Gasteiger partial charge in [-0.3, -0.25) is 9.48 Å². The third-order valence-electron chi connectivity index (χ3n) is 4.86. The molecule has 0 spiro atoms. The van der Waals surface area contributed by atoms with E-state index >= 15 is 0 Å². The number of rotatable bonds is 4. The first-order valence-corrected chi connectivity index (χ1v) is 8.68. The van der Waals surface area contributed by atoms with Crippen LogP contribution >= 0.6 is 0 Å². The van der Waals surface area contributed by atoms with Crippen LogP contribution in [0, 0.1) is 24.5 Å². The van der Waals surface area contributed by atoms with Crippen molar-refractivity contribution in [3.63, 3.8) is 0 Å². The summed E-state index contributed by atoms with van der Waals surface area (Å²) in [4.78, 5) is 14.6. The molecule has 1 aliphatic heterocycles. The summed E-state index contributed by atoms with van der Waals surface area (Å²) in [6, 6.07) is 5.53. The Morgan fingerprint density at radius 3 is 2.80 bits per heavy atom. The van der Waals surface area contributed by atoms with Crippen molar-refractivity contribution in [1.29, 1.82) is 0 Å². The van der Waals surface area contributed by atoms with E-state index in [4.69, 9.17) is 0 Å². The molecule has 2 heterocycles. The zero-order valence-corrected chi connectivity index (χ0v) is 14.6. The van der Waals surface area contributed by atoms with Crippen LogP contribution < -0.4 is 0 Å². The van der Waals surface area contributed by atoms with E-state index in [1.54, 1.807) is 17.8 Å². The van der Waals surface area contributed by atoms with E-state index in [2.05, 4.69) is 5.10 Å². The zero-order chi connectivity index (χ0) is 18.0. The van der Waals surface area contributed by atoms with E-state index in [1.165, 1.54) is 12.1 Å². The molecule has 0 radical (unpaired) electrons. The van der Waals surface area contributed by atoms with Crippen LogP contribution in [0.3, 0.4) is 0 Å². The van der Waals surface area contributed by atoms with Gasteiger partial charge in [-0.1, -0.05) is 6.07 Å². The number of likely N-dealkylation sites (tertiary alicyclic amines) is 1. The molecule has 0 bridgehead atoms. The molecule has 25 heavy (non-hydrogen) atoms. The molecule has 0 saturated carbocycles. The molecule has 2 aromatic rings. The van der Waals surface area contributed by atoms with Gasteiger partial charge in [0.25, 0.3) is 5.91 Å². The molecule has 6 heteroatoms. The predicted molar refractivity (Wildman–Crippen MR) is 91.3 cm³/mol. The Hall–Kier alpha value is -2.24. The van der Waals surface area contributed by atoms with Crippen molar-refractivity contribution in [1.82, 2.24) is 14.7 Å². The summed E-state index contributed by atoms with van der Waals surface area (Å²) >= 11 is 0. The minimum Gasteiger partial charge on any atom is -0.337 e. The van der Waals surface area contributed by atoms with Gasteiger partial charge in [0.15, 0.2) is 0 Å². The van der Waals surface area contributed by atoms with Crippen molar-refractivity contribution in [3.05, 3.63) is 52.9 Å². The van der Waals surface area contributed by atoms with Gasteiger partial charge < -0.3 is 4.90 Å². The highest BCUT2D eigenvalue weighted by molar-refractivity contribution is 5.92. The van der Waals surface area contributed by atoms with Gasteiger partial charge in [-0.15, -0.1) is 0 Å². The first-order valence-electron chi connectivity index (χ1n) is 8.68. The second-order valence-electron chi connectivity index (χ2n) is 6.83. The molecule has 0 aliphatic carbocycles. The van der Waals surface area contributed by atoms with Gasteiger partial charge in [0.05, 0.1) is 5.69 Å². The van der Waals surface area contributed by atoms with Gasteiger partial charge in [0, 0.05) is 26.2 Å². The van der Waals surface area contributed by atoms with Crippen molar-refractivity contribution in [2.45, 2.75) is 32.6 Å². The summed E-state index contributed by atoms with van der Waals surface area (Å²) in [5.74, 6) is -0.714. The maximum Gasteiger partial charge on any atom is 0.272 e. The summed E-state index contributed by atoms with van der Waals surface area (Å²) in [6.07, 6.45) is 3.32. The normalized spacial score (nSPS) is 17.8. The van der Waals surface area contributed by atoms with Crippen LogP contribution in [0.25, 0.3) is 0 Å². The third-order valence-corrected chi connectivity index (χ3v) is 4.86. The average Bonchev–Trinajstić information content (AvgIpc) is 2.92. The van der Waals surface area contributed by atoms with Crippen molar-refractivity contribution in [2.75, 3.05) is 13.1 Å². The first kappa shape index (κ1) is 17.6.